The second-order valence-corrected chi connectivity index (χ2v) is 12.8. The van der Waals surface area contributed by atoms with Gasteiger partial charge in [0.05, 0.1) is 12.2 Å². The fourth-order valence-corrected chi connectivity index (χ4v) is 3.80. The van der Waals surface area contributed by atoms with E-state index in [0.29, 0.717) is 11.2 Å². The quantitative estimate of drug-likeness (QED) is 0.312. The fraction of sp³-hybridized carbons (Fsp3) is 1.00. The number of alkyl halides is 2. The maximum absolute atomic E-state index is 9.47. The first kappa shape index (κ1) is 20.9. The number of hydrogen-bond acceptors (Lipinski definition) is 2. The third-order valence-corrected chi connectivity index (χ3v) is 9.81. The van der Waals surface area contributed by atoms with Crippen LogP contribution in [0.25, 0.3) is 0 Å². The van der Waals surface area contributed by atoms with Gasteiger partial charge in [-0.05, 0) is 31.0 Å². The maximum atomic E-state index is 9.47. The molecule has 0 aliphatic heterocycles. The van der Waals surface area contributed by atoms with Gasteiger partial charge < -0.3 is 9.53 Å². The number of aliphatic hydroxyl groups excluding tert-OH is 1. The van der Waals surface area contributed by atoms with Crippen molar-refractivity contribution in [3.8, 4) is 0 Å². The molecule has 1 unspecified atom stereocenters. The minimum atomic E-state index is -1.71. The lowest BCUT2D eigenvalue weighted by Gasteiger charge is -2.39. The van der Waals surface area contributed by atoms with Gasteiger partial charge in [0.2, 0.25) is 0 Å². The van der Waals surface area contributed by atoms with E-state index in [0.717, 1.165) is 32.1 Å². The summed E-state index contributed by atoms with van der Waals surface area (Å²) in [5.41, 5.74) is 0. The van der Waals surface area contributed by atoms with Crippen LogP contribution in [0.15, 0.2) is 0 Å². The van der Waals surface area contributed by atoms with Gasteiger partial charge in [0.1, 0.15) is 0 Å². The Labute approximate surface area is 139 Å². The summed E-state index contributed by atoms with van der Waals surface area (Å²) in [6, 6.07) is 0. The molecule has 0 aliphatic rings. The van der Waals surface area contributed by atoms with Crippen molar-refractivity contribution in [3.63, 3.8) is 0 Å². The standard InChI is InChI=1S/C15H32BrClO2Si/c1-15(2,3)20(4,5)19-14(12-17)10-8-6-7-9-13(18)11-16/h13-14,18H,6-12H2,1-5H3/t13?,14-/m1/s1. The molecule has 2 nitrogen and oxygen atoms in total. The zero-order chi connectivity index (χ0) is 15.8. The van der Waals surface area contributed by atoms with Crippen molar-refractivity contribution in [1.29, 1.82) is 0 Å². The third kappa shape index (κ3) is 8.37. The van der Waals surface area contributed by atoms with Crippen LogP contribution in [0.1, 0.15) is 52.9 Å². The molecule has 5 heteroatoms. The number of aliphatic hydroxyl groups is 1. The second kappa shape index (κ2) is 9.83. The number of halogens is 2. The Hall–Kier alpha value is 0.907. The Bertz CT molecular complexity index is 257. The Kier molecular flexibility index (Phi) is 10.3. The second-order valence-electron chi connectivity index (χ2n) is 7.10. The summed E-state index contributed by atoms with van der Waals surface area (Å²) < 4.78 is 6.35. The van der Waals surface area contributed by atoms with Gasteiger partial charge in [0.25, 0.3) is 0 Å². The van der Waals surface area contributed by atoms with Crippen LogP contribution >= 0.6 is 27.5 Å². The summed E-state index contributed by atoms with van der Waals surface area (Å²) in [4.78, 5) is 0. The highest BCUT2D eigenvalue weighted by Crippen LogP contribution is 2.37. The normalized spacial score (nSPS) is 16.2. The van der Waals surface area contributed by atoms with Crippen molar-refractivity contribution < 1.29 is 9.53 Å². The number of rotatable bonds is 10. The molecule has 0 aromatic heterocycles. The smallest absolute Gasteiger partial charge is 0.192 e. The molecule has 20 heavy (non-hydrogen) atoms. The molecule has 0 radical (unpaired) electrons. The van der Waals surface area contributed by atoms with Gasteiger partial charge in [-0.15, -0.1) is 11.6 Å². The summed E-state index contributed by atoms with van der Waals surface area (Å²) in [7, 11) is -1.71. The average molecular weight is 388 g/mol. The lowest BCUT2D eigenvalue weighted by atomic mass is 10.1. The lowest BCUT2D eigenvalue weighted by Crippen LogP contribution is -2.44. The van der Waals surface area contributed by atoms with Crippen LogP contribution in [0.3, 0.4) is 0 Å². The molecule has 0 amide bonds. The highest BCUT2D eigenvalue weighted by atomic mass is 79.9. The molecule has 0 rings (SSSR count). The van der Waals surface area contributed by atoms with E-state index in [4.69, 9.17) is 16.0 Å². The van der Waals surface area contributed by atoms with E-state index < -0.39 is 8.32 Å². The Morgan fingerprint density at radius 2 is 1.70 bits per heavy atom. The summed E-state index contributed by atoms with van der Waals surface area (Å²) in [5.74, 6) is 0.580. The Balaban J connectivity index is 4.00. The summed E-state index contributed by atoms with van der Waals surface area (Å²) in [6.07, 6.45) is 5.21. The van der Waals surface area contributed by atoms with E-state index in [-0.39, 0.29) is 17.2 Å². The fourth-order valence-electron chi connectivity index (χ4n) is 1.77. The van der Waals surface area contributed by atoms with Crippen molar-refractivity contribution in [1.82, 2.24) is 0 Å². The molecule has 2 atom stereocenters. The SMILES string of the molecule is CC(C)(C)[Si](C)(C)O[C@@H](CCl)CCCCCC(O)CBr. The van der Waals surface area contributed by atoms with E-state index >= 15 is 0 Å². The molecule has 0 aromatic rings. The van der Waals surface area contributed by atoms with Gasteiger partial charge >= 0.3 is 0 Å². The van der Waals surface area contributed by atoms with Gasteiger partial charge in [0.15, 0.2) is 8.32 Å². The minimum absolute atomic E-state index is 0.179. The predicted molar refractivity (Wildman–Crippen MR) is 95.7 cm³/mol. The highest BCUT2D eigenvalue weighted by Gasteiger charge is 2.38. The molecule has 1 N–H and O–H groups in total. The molecular weight excluding hydrogens is 356 g/mol. The van der Waals surface area contributed by atoms with Gasteiger partial charge in [-0.3, -0.25) is 0 Å². The lowest BCUT2D eigenvalue weighted by molar-refractivity contribution is 0.178. The highest BCUT2D eigenvalue weighted by molar-refractivity contribution is 9.09. The Morgan fingerprint density at radius 1 is 1.15 bits per heavy atom. The summed E-state index contributed by atoms with van der Waals surface area (Å²) in [5, 5.41) is 10.4. The van der Waals surface area contributed by atoms with Crippen molar-refractivity contribution in [2.75, 3.05) is 11.2 Å². The van der Waals surface area contributed by atoms with E-state index in [1.165, 1.54) is 0 Å². The largest absolute Gasteiger partial charge is 0.413 e. The van der Waals surface area contributed by atoms with Crippen LogP contribution in [-0.4, -0.2) is 36.8 Å². The van der Waals surface area contributed by atoms with Crippen molar-refractivity contribution in [2.45, 2.75) is 83.2 Å². The molecule has 0 aliphatic carbocycles. The van der Waals surface area contributed by atoms with Crippen LogP contribution < -0.4 is 0 Å². The predicted octanol–water partition coefficient (Wildman–Crippen LogP) is 5.32. The topological polar surface area (TPSA) is 29.5 Å². The molecule has 122 valence electrons. The van der Waals surface area contributed by atoms with E-state index in [2.05, 4.69) is 49.8 Å². The van der Waals surface area contributed by atoms with Crippen molar-refractivity contribution >= 4 is 35.8 Å². The molecule has 0 aromatic carbocycles. The first-order chi connectivity index (χ1) is 9.14. The number of hydrogen-bond donors (Lipinski definition) is 1. The van der Waals surface area contributed by atoms with Crippen LogP contribution in [0.4, 0.5) is 0 Å². The van der Waals surface area contributed by atoms with Crippen LogP contribution in [0.2, 0.25) is 18.1 Å². The molecule has 0 spiro atoms. The van der Waals surface area contributed by atoms with E-state index in [1.54, 1.807) is 0 Å². The van der Waals surface area contributed by atoms with Crippen LogP contribution in [-0.2, 0) is 4.43 Å². The average Bonchev–Trinajstić information content (AvgIpc) is 2.34. The van der Waals surface area contributed by atoms with E-state index in [9.17, 15) is 5.11 Å². The minimum Gasteiger partial charge on any atom is -0.413 e. The summed E-state index contributed by atoms with van der Waals surface area (Å²) >= 11 is 9.35. The third-order valence-electron chi connectivity index (χ3n) is 4.18. The van der Waals surface area contributed by atoms with Gasteiger partial charge in [0, 0.05) is 11.2 Å². The number of unbranched alkanes of at least 4 members (excludes halogenated alkanes) is 2. The van der Waals surface area contributed by atoms with Crippen LogP contribution in [0.5, 0.6) is 0 Å². The molecule has 0 heterocycles. The molecular formula is C15H32BrClO2Si. The monoisotopic (exact) mass is 386 g/mol. The first-order valence-corrected chi connectivity index (χ1v) is 12.2. The van der Waals surface area contributed by atoms with Crippen molar-refractivity contribution in [3.05, 3.63) is 0 Å². The van der Waals surface area contributed by atoms with Gasteiger partial charge in [-0.25, -0.2) is 0 Å². The van der Waals surface area contributed by atoms with Crippen molar-refractivity contribution in [2.24, 2.45) is 0 Å². The zero-order valence-corrected chi connectivity index (χ0v) is 17.1. The first-order valence-electron chi connectivity index (χ1n) is 7.62. The maximum Gasteiger partial charge on any atom is 0.192 e. The summed E-state index contributed by atoms with van der Waals surface area (Å²) in [6.45, 7) is 11.3. The molecule has 0 bridgehead atoms. The van der Waals surface area contributed by atoms with Gasteiger partial charge in [-0.2, -0.15) is 0 Å². The molecule has 0 saturated heterocycles. The molecule has 0 fully saturated rings. The van der Waals surface area contributed by atoms with Gasteiger partial charge in [-0.1, -0.05) is 56.0 Å². The van der Waals surface area contributed by atoms with Crippen LogP contribution in [0, 0.1) is 0 Å². The Morgan fingerprint density at radius 3 is 2.15 bits per heavy atom. The molecule has 0 saturated carbocycles. The zero-order valence-electron chi connectivity index (χ0n) is 13.7. The van der Waals surface area contributed by atoms with E-state index in [1.807, 2.05) is 0 Å².